The Balaban J connectivity index is 1.41. The molecule has 9 heteroatoms. The summed E-state index contributed by atoms with van der Waals surface area (Å²) in [5.74, 6) is 0.300. The third-order valence-electron chi connectivity index (χ3n) is 4.71. The molecule has 27 heavy (non-hydrogen) atoms. The first-order chi connectivity index (χ1) is 12.9. The van der Waals surface area contributed by atoms with E-state index in [9.17, 15) is 13.2 Å². The van der Waals surface area contributed by atoms with Crippen molar-refractivity contribution in [2.75, 3.05) is 18.9 Å². The van der Waals surface area contributed by atoms with Gasteiger partial charge in [0, 0.05) is 31.6 Å². The molecule has 1 aromatic carbocycles. The van der Waals surface area contributed by atoms with Crippen LogP contribution in [0.15, 0.2) is 39.9 Å². The number of fused-ring (bicyclic) bond motifs is 1. The van der Waals surface area contributed by atoms with Crippen molar-refractivity contribution in [3.8, 4) is 11.5 Å². The van der Waals surface area contributed by atoms with Gasteiger partial charge in [0.15, 0.2) is 11.5 Å². The molecule has 1 saturated carbocycles. The second-order valence-electron chi connectivity index (χ2n) is 6.72. The zero-order chi connectivity index (χ0) is 19.1. The molecule has 0 atom stereocenters. The number of rotatable bonds is 5. The molecule has 1 aromatic heterocycles. The molecule has 1 aliphatic heterocycles. The van der Waals surface area contributed by atoms with E-state index < -0.39 is 21.7 Å². The molecule has 4 rings (SSSR count). The average Bonchev–Trinajstić information content (AvgIpc) is 3.35. The number of hydrogen-bond donors (Lipinski definition) is 1. The van der Waals surface area contributed by atoms with Gasteiger partial charge in [0.05, 0.1) is 6.54 Å². The molecule has 0 bridgehead atoms. The number of thiophene rings is 1. The Morgan fingerprint density at radius 2 is 1.96 bits per heavy atom. The molecule has 1 N–H and O–H groups in total. The molecule has 7 nitrogen and oxygen atoms in total. The monoisotopic (exact) mass is 408 g/mol. The lowest BCUT2D eigenvalue weighted by atomic mass is 10.2. The highest BCUT2D eigenvalue weighted by Crippen LogP contribution is 2.47. The Labute approximate surface area is 161 Å². The van der Waals surface area contributed by atoms with Crippen LogP contribution in [0.1, 0.15) is 25.7 Å². The van der Waals surface area contributed by atoms with Gasteiger partial charge in [0.2, 0.25) is 5.91 Å². The molecule has 2 aromatic rings. The number of carbonyl (C=O) groups excluding carboxylic acids is 1. The van der Waals surface area contributed by atoms with Gasteiger partial charge < -0.3 is 14.8 Å². The molecule has 0 radical (unpaired) electrons. The lowest BCUT2D eigenvalue weighted by molar-refractivity contribution is -0.116. The van der Waals surface area contributed by atoms with Gasteiger partial charge >= 0.3 is 0 Å². The Kier molecular flexibility index (Phi) is 4.61. The number of benzene rings is 1. The molecular formula is C18H20N2O5S2. The number of carbonyl (C=O) groups is 1. The molecule has 144 valence electrons. The second-order valence-corrected chi connectivity index (χ2v) is 9.94. The van der Waals surface area contributed by atoms with Gasteiger partial charge in [-0.2, -0.15) is 4.31 Å². The van der Waals surface area contributed by atoms with Gasteiger partial charge in [-0.05, 0) is 36.4 Å². The smallest absolute Gasteiger partial charge is 0.252 e. The number of hydrogen-bond acceptors (Lipinski definition) is 6. The summed E-state index contributed by atoms with van der Waals surface area (Å²) in [5, 5.41) is 4.41. The Hall–Kier alpha value is -2.10. The third kappa shape index (κ3) is 3.54. The minimum Gasteiger partial charge on any atom is -0.448 e. The zero-order valence-corrected chi connectivity index (χ0v) is 16.4. The Morgan fingerprint density at radius 1 is 1.22 bits per heavy atom. The van der Waals surface area contributed by atoms with Crippen molar-refractivity contribution >= 4 is 33.0 Å². The maximum absolute atomic E-state index is 12.4. The van der Waals surface area contributed by atoms with Crippen LogP contribution in [0.5, 0.6) is 11.5 Å². The van der Waals surface area contributed by atoms with Crippen molar-refractivity contribution in [3.63, 3.8) is 0 Å². The fourth-order valence-corrected chi connectivity index (χ4v) is 5.67. The summed E-state index contributed by atoms with van der Waals surface area (Å²) in [6, 6.07) is 8.39. The van der Waals surface area contributed by atoms with Crippen molar-refractivity contribution < 1.29 is 22.7 Å². The van der Waals surface area contributed by atoms with E-state index in [1.165, 1.54) is 13.1 Å². The molecule has 1 aliphatic carbocycles. The molecule has 1 fully saturated rings. The van der Waals surface area contributed by atoms with Crippen LogP contribution >= 0.6 is 11.3 Å². The van der Waals surface area contributed by atoms with Gasteiger partial charge in [-0.25, -0.2) is 8.42 Å². The highest BCUT2D eigenvalue weighted by molar-refractivity contribution is 7.91. The second kappa shape index (κ2) is 6.81. The van der Waals surface area contributed by atoms with E-state index in [-0.39, 0.29) is 10.8 Å². The van der Waals surface area contributed by atoms with E-state index in [2.05, 4.69) is 5.32 Å². The molecule has 1 spiro atoms. The van der Waals surface area contributed by atoms with Crippen LogP contribution in [0.25, 0.3) is 0 Å². The lowest BCUT2D eigenvalue weighted by Crippen LogP contribution is -2.34. The first-order valence-corrected chi connectivity index (χ1v) is 11.0. The van der Waals surface area contributed by atoms with E-state index in [1.54, 1.807) is 29.6 Å². The zero-order valence-electron chi connectivity index (χ0n) is 14.8. The maximum atomic E-state index is 12.4. The van der Waals surface area contributed by atoms with Crippen molar-refractivity contribution in [1.29, 1.82) is 0 Å². The minimum absolute atomic E-state index is 0.211. The molecule has 0 unspecified atom stereocenters. The predicted molar refractivity (Wildman–Crippen MR) is 102 cm³/mol. The first-order valence-electron chi connectivity index (χ1n) is 8.70. The highest BCUT2D eigenvalue weighted by Gasteiger charge is 2.44. The highest BCUT2D eigenvalue weighted by atomic mass is 32.2. The summed E-state index contributed by atoms with van der Waals surface area (Å²) in [6.45, 7) is -0.279. The standard InChI is InChI=1S/C18H20N2O5S2/c1-20(27(22,23)17-5-4-10-26-17)12-16(21)19-13-6-7-14-15(11-13)25-18(24-14)8-2-3-9-18/h4-7,10-11H,2-3,8-9,12H2,1H3,(H,19,21). The molecule has 0 saturated heterocycles. The van der Waals surface area contributed by atoms with E-state index in [0.29, 0.717) is 17.2 Å². The van der Waals surface area contributed by atoms with Crippen LogP contribution in [-0.4, -0.2) is 38.0 Å². The van der Waals surface area contributed by atoms with E-state index in [0.717, 1.165) is 41.3 Å². The summed E-state index contributed by atoms with van der Waals surface area (Å²) in [7, 11) is -2.27. The summed E-state index contributed by atoms with van der Waals surface area (Å²) < 4.78 is 38.0. The van der Waals surface area contributed by atoms with Gasteiger partial charge in [-0.15, -0.1) is 11.3 Å². The SMILES string of the molecule is CN(CC(=O)Nc1ccc2c(c1)OC1(CCCC1)O2)S(=O)(=O)c1cccs1. The fourth-order valence-electron chi connectivity index (χ4n) is 3.34. The average molecular weight is 409 g/mol. The molecule has 1 amide bonds. The molecule has 2 heterocycles. The summed E-state index contributed by atoms with van der Waals surface area (Å²) in [5.41, 5.74) is 0.541. The van der Waals surface area contributed by atoms with Crippen molar-refractivity contribution in [2.24, 2.45) is 0 Å². The van der Waals surface area contributed by atoms with Crippen LogP contribution in [0.3, 0.4) is 0 Å². The number of sulfonamides is 1. The van der Waals surface area contributed by atoms with Gasteiger partial charge in [-0.1, -0.05) is 6.07 Å². The van der Waals surface area contributed by atoms with E-state index in [4.69, 9.17) is 9.47 Å². The summed E-state index contributed by atoms with van der Waals surface area (Å²) in [6.07, 6.45) is 3.86. The van der Waals surface area contributed by atoms with Crippen molar-refractivity contribution in [2.45, 2.75) is 35.7 Å². The van der Waals surface area contributed by atoms with Gasteiger partial charge in [0.25, 0.3) is 15.8 Å². The summed E-state index contributed by atoms with van der Waals surface area (Å²) in [4.78, 5) is 12.3. The Morgan fingerprint density at radius 3 is 2.67 bits per heavy atom. The van der Waals surface area contributed by atoms with E-state index >= 15 is 0 Å². The number of ether oxygens (including phenoxy) is 2. The Bertz CT molecular complexity index is 950. The fraction of sp³-hybridized carbons (Fsp3) is 0.389. The number of amides is 1. The van der Waals surface area contributed by atoms with Crippen LogP contribution in [-0.2, 0) is 14.8 Å². The summed E-state index contributed by atoms with van der Waals surface area (Å²) >= 11 is 1.12. The predicted octanol–water partition coefficient (Wildman–Crippen LogP) is 3.05. The van der Waals surface area contributed by atoms with Crippen LogP contribution in [0, 0.1) is 0 Å². The van der Waals surface area contributed by atoms with E-state index in [1.807, 2.05) is 0 Å². The maximum Gasteiger partial charge on any atom is 0.252 e. The number of nitrogens with one attached hydrogen (secondary N) is 1. The normalized spacial score (nSPS) is 17.6. The number of anilines is 1. The number of likely N-dealkylation sites (N-methyl/N-ethyl adjacent to an activating group) is 1. The van der Waals surface area contributed by atoms with Crippen molar-refractivity contribution in [1.82, 2.24) is 4.31 Å². The van der Waals surface area contributed by atoms with Gasteiger partial charge in [-0.3, -0.25) is 4.79 Å². The van der Waals surface area contributed by atoms with Gasteiger partial charge in [0.1, 0.15) is 4.21 Å². The lowest BCUT2D eigenvalue weighted by Gasteiger charge is -2.21. The topological polar surface area (TPSA) is 84.9 Å². The molecule has 2 aliphatic rings. The largest absolute Gasteiger partial charge is 0.448 e. The van der Waals surface area contributed by atoms with Crippen LogP contribution < -0.4 is 14.8 Å². The first kappa shape index (κ1) is 18.3. The molecular weight excluding hydrogens is 388 g/mol. The van der Waals surface area contributed by atoms with Crippen LogP contribution in [0.4, 0.5) is 5.69 Å². The number of nitrogens with zero attached hydrogens (tertiary/aromatic N) is 1. The van der Waals surface area contributed by atoms with Crippen molar-refractivity contribution in [3.05, 3.63) is 35.7 Å². The minimum atomic E-state index is -3.66. The van der Waals surface area contributed by atoms with Crippen LogP contribution in [0.2, 0.25) is 0 Å². The quantitative estimate of drug-likeness (QED) is 0.822. The third-order valence-corrected chi connectivity index (χ3v) is 7.89.